The first-order chi connectivity index (χ1) is 14.5. The molecule has 5 heteroatoms. The molecule has 0 aliphatic carbocycles. The SMILES string of the molecule is C=CC/C(=C\C=C/COCC(CC)CN(C)CC)NC(=O)/C=C/c1cccc(O)c1. The third-order valence-electron chi connectivity index (χ3n) is 4.63. The Kier molecular flexibility index (Phi) is 12.9. The van der Waals surface area contributed by atoms with E-state index in [1.54, 1.807) is 30.4 Å². The van der Waals surface area contributed by atoms with Crippen molar-refractivity contribution in [2.45, 2.75) is 26.7 Å². The van der Waals surface area contributed by atoms with Crippen molar-refractivity contribution >= 4 is 12.0 Å². The standard InChI is InChI=1S/C25H36N2O3/c1-5-11-23(26-25(29)16-15-22-12-10-14-24(28)18-22)13-8-9-17-30-20-21(6-2)19-27(4)7-3/h5,8-10,12-16,18,21,28H,1,6-7,11,17,19-20H2,2-4H3,(H,26,29)/b9-8-,16-15+,23-13+. The Hall–Kier alpha value is -2.63. The molecule has 0 aliphatic heterocycles. The van der Waals surface area contributed by atoms with Crippen LogP contribution >= 0.6 is 0 Å². The van der Waals surface area contributed by atoms with E-state index in [2.05, 4.69) is 37.7 Å². The number of hydrogen-bond acceptors (Lipinski definition) is 4. The zero-order chi connectivity index (χ0) is 22.2. The number of phenolic OH excluding ortho intramolecular Hbond substituents is 1. The summed E-state index contributed by atoms with van der Waals surface area (Å²) < 4.78 is 5.77. The molecule has 0 heterocycles. The minimum Gasteiger partial charge on any atom is -0.508 e. The van der Waals surface area contributed by atoms with Crippen molar-refractivity contribution in [2.24, 2.45) is 5.92 Å². The summed E-state index contributed by atoms with van der Waals surface area (Å²) in [5.74, 6) is 0.467. The number of aromatic hydroxyl groups is 1. The summed E-state index contributed by atoms with van der Waals surface area (Å²) >= 11 is 0. The first-order valence-electron chi connectivity index (χ1n) is 10.5. The van der Waals surface area contributed by atoms with E-state index in [0.717, 1.165) is 37.4 Å². The molecular weight excluding hydrogens is 376 g/mol. The molecule has 0 spiro atoms. The number of rotatable bonds is 14. The van der Waals surface area contributed by atoms with Crippen LogP contribution in [0, 0.1) is 5.92 Å². The van der Waals surface area contributed by atoms with E-state index in [-0.39, 0.29) is 11.7 Å². The van der Waals surface area contributed by atoms with Crippen LogP contribution in [0.1, 0.15) is 32.3 Å². The predicted octanol–water partition coefficient (Wildman–Crippen LogP) is 4.53. The zero-order valence-electron chi connectivity index (χ0n) is 18.5. The molecule has 0 fully saturated rings. The Morgan fingerprint density at radius 3 is 2.83 bits per heavy atom. The number of benzene rings is 1. The van der Waals surface area contributed by atoms with Gasteiger partial charge in [-0.3, -0.25) is 4.79 Å². The summed E-state index contributed by atoms with van der Waals surface area (Å²) in [7, 11) is 2.13. The Labute approximate surface area is 181 Å². The van der Waals surface area contributed by atoms with E-state index in [0.29, 0.717) is 18.9 Å². The number of amides is 1. The second kappa shape index (κ2) is 15.2. The minimum atomic E-state index is -0.234. The van der Waals surface area contributed by atoms with E-state index in [1.807, 2.05) is 24.3 Å². The summed E-state index contributed by atoms with van der Waals surface area (Å²) in [4.78, 5) is 14.5. The first-order valence-corrected chi connectivity index (χ1v) is 10.5. The van der Waals surface area contributed by atoms with Crippen molar-refractivity contribution < 1.29 is 14.6 Å². The molecule has 0 radical (unpaired) electrons. The molecule has 1 amide bonds. The molecule has 1 unspecified atom stereocenters. The van der Waals surface area contributed by atoms with Crippen LogP contribution in [0.25, 0.3) is 6.08 Å². The van der Waals surface area contributed by atoms with Crippen LogP contribution in [-0.2, 0) is 9.53 Å². The van der Waals surface area contributed by atoms with Crippen LogP contribution in [0.3, 0.4) is 0 Å². The summed E-state index contributed by atoms with van der Waals surface area (Å²) in [5, 5.41) is 12.3. The van der Waals surface area contributed by atoms with E-state index >= 15 is 0 Å². The van der Waals surface area contributed by atoms with Gasteiger partial charge in [0, 0.05) is 24.7 Å². The lowest BCUT2D eigenvalue weighted by Crippen LogP contribution is -2.27. The van der Waals surface area contributed by atoms with Gasteiger partial charge in [-0.15, -0.1) is 6.58 Å². The highest BCUT2D eigenvalue weighted by Gasteiger charge is 2.08. The first kappa shape index (κ1) is 25.4. The molecule has 5 nitrogen and oxygen atoms in total. The smallest absolute Gasteiger partial charge is 0.248 e. The number of ether oxygens (including phenoxy) is 1. The minimum absolute atomic E-state index is 0.166. The Morgan fingerprint density at radius 1 is 1.37 bits per heavy atom. The van der Waals surface area contributed by atoms with Gasteiger partial charge in [-0.25, -0.2) is 0 Å². The van der Waals surface area contributed by atoms with Gasteiger partial charge in [0.1, 0.15) is 5.75 Å². The molecule has 0 bridgehead atoms. The Morgan fingerprint density at radius 2 is 2.17 bits per heavy atom. The van der Waals surface area contributed by atoms with Crippen LogP contribution < -0.4 is 5.32 Å². The normalized spacial score (nSPS) is 13.3. The highest BCUT2D eigenvalue weighted by atomic mass is 16.5. The van der Waals surface area contributed by atoms with Gasteiger partial charge in [0.25, 0.3) is 0 Å². The quantitative estimate of drug-likeness (QED) is 0.204. The van der Waals surface area contributed by atoms with Gasteiger partial charge in [0.2, 0.25) is 5.91 Å². The predicted molar refractivity (Wildman–Crippen MR) is 125 cm³/mol. The maximum Gasteiger partial charge on any atom is 0.248 e. The largest absolute Gasteiger partial charge is 0.508 e. The van der Waals surface area contributed by atoms with E-state index < -0.39 is 0 Å². The number of carbonyl (C=O) groups is 1. The molecule has 2 N–H and O–H groups in total. The Bertz CT molecular complexity index is 738. The Balaban J connectivity index is 2.48. The lowest BCUT2D eigenvalue weighted by molar-refractivity contribution is -0.115. The van der Waals surface area contributed by atoms with E-state index in [9.17, 15) is 9.90 Å². The van der Waals surface area contributed by atoms with Crippen LogP contribution in [0.15, 0.2) is 66.9 Å². The van der Waals surface area contributed by atoms with Gasteiger partial charge in [-0.1, -0.05) is 44.2 Å². The fourth-order valence-corrected chi connectivity index (χ4v) is 2.73. The van der Waals surface area contributed by atoms with Crippen LogP contribution in [0.2, 0.25) is 0 Å². The number of hydrogen-bond donors (Lipinski definition) is 2. The van der Waals surface area contributed by atoms with Crippen molar-refractivity contribution in [3.8, 4) is 5.75 Å². The fourth-order valence-electron chi connectivity index (χ4n) is 2.73. The van der Waals surface area contributed by atoms with Crippen molar-refractivity contribution in [2.75, 3.05) is 33.4 Å². The maximum absolute atomic E-state index is 12.2. The molecule has 1 aromatic carbocycles. The molecule has 30 heavy (non-hydrogen) atoms. The van der Waals surface area contributed by atoms with E-state index in [4.69, 9.17) is 4.74 Å². The number of nitrogens with zero attached hydrogens (tertiary/aromatic N) is 1. The van der Waals surface area contributed by atoms with Gasteiger partial charge >= 0.3 is 0 Å². The second-order valence-corrected chi connectivity index (χ2v) is 7.20. The summed E-state index contributed by atoms with van der Waals surface area (Å²) in [6.07, 6.45) is 12.2. The molecule has 0 aromatic heterocycles. The number of carbonyl (C=O) groups excluding carboxylic acids is 1. The van der Waals surface area contributed by atoms with Gasteiger partial charge < -0.3 is 20.1 Å². The van der Waals surface area contributed by atoms with Crippen molar-refractivity contribution in [1.29, 1.82) is 0 Å². The highest BCUT2D eigenvalue weighted by molar-refractivity contribution is 5.92. The van der Waals surface area contributed by atoms with Gasteiger partial charge in [0.15, 0.2) is 0 Å². The lowest BCUT2D eigenvalue weighted by Gasteiger charge is -2.21. The molecule has 1 atom stereocenters. The van der Waals surface area contributed by atoms with Gasteiger partial charge in [-0.05, 0) is 55.8 Å². The van der Waals surface area contributed by atoms with Crippen molar-refractivity contribution in [3.63, 3.8) is 0 Å². The third-order valence-corrected chi connectivity index (χ3v) is 4.63. The third kappa shape index (κ3) is 11.4. The average Bonchev–Trinajstić information content (AvgIpc) is 2.73. The molecular formula is C25H36N2O3. The number of allylic oxidation sites excluding steroid dienone is 3. The van der Waals surface area contributed by atoms with Crippen LogP contribution in [0.5, 0.6) is 5.75 Å². The fraction of sp³-hybridized carbons (Fsp3) is 0.400. The van der Waals surface area contributed by atoms with Crippen molar-refractivity contribution in [3.05, 3.63) is 72.5 Å². The molecule has 0 saturated carbocycles. The van der Waals surface area contributed by atoms with Crippen molar-refractivity contribution in [1.82, 2.24) is 10.2 Å². The second-order valence-electron chi connectivity index (χ2n) is 7.20. The summed E-state index contributed by atoms with van der Waals surface area (Å²) in [6, 6.07) is 6.73. The maximum atomic E-state index is 12.2. The van der Waals surface area contributed by atoms with Gasteiger partial charge in [0.05, 0.1) is 13.2 Å². The van der Waals surface area contributed by atoms with E-state index in [1.165, 1.54) is 6.08 Å². The van der Waals surface area contributed by atoms with Crippen LogP contribution in [-0.4, -0.2) is 49.3 Å². The molecule has 164 valence electrons. The molecule has 1 rings (SSSR count). The zero-order valence-corrected chi connectivity index (χ0v) is 18.5. The number of nitrogens with one attached hydrogen (secondary N) is 1. The molecule has 0 aliphatic rings. The number of phenols is 1. The summed E-state index contributed by atoms with van der Waals surface area (Å²) in [5.41, 5.74) is 1.51. The average molecular weight is 413 g/mol. The molecule has 1 aromatic rings. The van der Waals surface area contributed by atoms with Gasteiger partial charge in [-0.2, -0.15) is 0 Å². The lowest BCUT2D eigenvalue weighted by atomic mass is 10.1. The topological polar surface area (TPSA) is 61.8 Å². The highest BCUT2D eigenvalue weighted by Crippen LogP contribution is 2.12. The monoisotopic (exact) mass is 412 g/mol. The molecule has 0 saturated heterocycles. The summed E-state index contributed by atoms with van der Waals surface area (Å²) in [6.45, 7) is 11.5. The van der Waals surface area contributed by atoms with Crippen LogP contribution in [0.4, 0.5) is 0 Å².